The van der Waals surface area contributed by atoms with Crippen molar-refractivity contribution in [1.29, 1.82) is 0 Å². The van der Waals surface area contributed by atoms with Gasteiger partial charge in [0.25, 0.3) is 0 Å². The molecule has 0 bridgehead atoms. The minimum atomic E-state index is -0.756. The summed E-state index contributed by atoms with van der Waals surface area (Å²) < 4.78 is 5.97. The Kier molecular flexibility index (Phi) is 4.43. The third-order valence-electron chi connectivity index (χ3n) is 3.67. The third kappa shape index (κ3) is 3.96. The molecule has 4 heteroatoms. The Hall–Kier alpha value is -1.55. The standard InChI is InChI=1S/C15H21NO3/c1-11-3-4-14(9-12(11)2)19-13-5-7-16(8-6-13)10-15(17)18/h3-4,9,13H,5-8,10H2,1-2H3,(H,17,18). The number of aliphatic carboxylic acids is 1. The summed E-state index contributed by atoms with van der Waals surface area (Å²) in [6.45, 7) is 5.89. The van der Waals surface area contributed by atoms with Gasteiger partial charge < -0.3 is 9.84 Å². The number of aryl methyl sites for hydroxylation is 2. The molecule has 1 heterocycles. The van der Waals surface area contributed by atoms with Gasteiger partial charge in [-0.15, -0.1) is 0 Å². The van der Waals surface area contributed by atoms with Gasteiger partial charge in [-0.2, -0.15) is 0 Å². The highest BCUT2D eigenvalue weighted by atomic mass is 16.5. The lowest BCUT2D eigenvalue weighted by Crippen LogP contribution is -2.40. The summed E-state index contributed by atoms with van der Waals surface area (Å²) in [6.07, 6.45) is 1.98. The Morgan fingerprint density at radius 1 is 1.32 bits per heavy atom. The summed E-state index contributed by atoms with van der Waals surface area (Å²) in [6, 6.07) is 6.15. The number of hydrogen-bond donors (Lipinski definition) is 1. The van der Waals surface area contributed by atoms with Crippen LogP contribution in [0.4, 0.5) is 0 Å². The van der Waals surface area contributed by atoms with E-state index in [1.807, 2.05) is 11.0 Å². The molecule has 0 aliphatic carbocycles. The van der Waals surface area contributed by atoms with Crippen LogP contribution in [-0.2, 0) is 4.79 Å². The zero-order valence-electron chi connectivity index (χ0n) is 11.6. The van der Waals surface area contributed by atoms with Gasteiger partial charge in [0.15, 0.2) is 0 Å². The quantitative estimate of drug-likeness (QED) is 0.905. The largest absolute Gasteiger partial charge is 0.490 e. The van der Waals surface area contributed by atoms with Gasteiger partial charge in [-0.05, 0) is 49.9 Å². The first-order chi connectivity index (χ1) is 9.04. The number of carbonyl (C=O) groups is 1. The lowest BCUT2D eigenvalue weighted by atomic mass is 10.1. The number of nitrogens with zero attached hydrogens (tertiary/aromatic N) is 1. The van der Waals surface area contributed by atoms with Crippen molar-refractivity contribution >= 4 is 5.97 Å². The lowest BCUT2D eigenvalue weighted by molar-refractivity contribution is -0.138. The highest BCUT2D eigenvalue weighted by Crippen LogP contribution is 2.21. The molecule has 0 unspecified atom stereocenters. The van der Waals surface area contributed by atoms with E-state index >= 15 is 0 Å². The molecule has 0 aromatic heterocycles. The van der Waals surface area contributed by atoms with Crippen LogP contribution in [0, 0.1) is 13.8 Å². The van der Waals surface area contributed by atoms with E-state index in [-0.39, 0.29) is 12.6 Å². The molecule has 1 aromatic rings. The van der Waals surface area contributed by atoms with Crippen LogP contribution in [0.3, 0.4) is 0 Å². The van der Waals surface area contributed by atoms with Crippen LogP contribution >= 0.6 is 0 Å². The second-order valence-electron chi connectivity index (χ2n) is 5.23. The summed E-state index contributed by atoms with van der Waals surface area (Å²) in [5, 5.41) is 8.75. The average Bonchev–Trinajstić information content (AvgIpc) is 2.36. The monoisotopic (exact) mass is 263 g/mol. The number of hydrogen-bond acceptors (Lipinski definition) is 3. The molecule has 1 N–H and O–H groups in total. The summed E-state index contributed by atoms with van der Waals surface area (Å²) in [4.78, 5) is 12.6. The molecule has 4 nitrogen and oxygen atoms in total. The Labute approximate surface area is 114 Å². The van der Waals surface area contributed by atoms with E-state index in [4.69, 9.17) is 9.84 Å². The van der Waals surface area contributed by atoms with Crippen LogP contribution in [0.1, 0.15) is 24.0 Å². The SMILES string of the molecule is Cc1ccc(OC2CCN(CC(=O)O)CC2)cc1C. The first kappa shape index (κ1) is 13.9. The molecule has 0 spiro atoms. The molecule has 1 aliphatic rings. The number of piperidine rings is 1. The van der Waals surface area contributed by atoms with Gasteiger partial charge in [-0.3, -0.25) is 9.69 Å². The molecule has 104 valence electrons. The summed E-state index contributed by atoms with van der Waals surface area (Å²) in [7, 11) is 0. The fraction of sp³-hybridized carbons (Fsp3) is 0.533. The fourth-order valence-corrected chi connectivity index (χ4v) is 2.36. The van der Waals surface area contributed by atoms with E-state index in [2.05, 4.69) is 26.0 Å². The van der Waals surface area contributed by atoms with Gasteiger partial charge in [0.1, 0.15) is 11.9 Å². The van der Waals surface area contributed by atoms with Gasteiger partial charge >= 0.3 is 5.97 Å². The highest BCUT2D eigenvalue weighted by Gasteiger charge is 2.21. The predicted molar refractivity (Wildman–Crippen MR) is 73.6 cm³/mol. The van der Waals surface area contributed by atoms with Gasteiger partial charge in [0.05, 0.1) is 6.54 Å². The molecule has 0 saturated carbocycles. The Balaban J connectivity index is 1.85. The van der Waals surface area contributed by atoms with E-state index in [1.165, 1.54) is 11.1 Å². The number of likely N-dealkylation sites (tertiary alicyclic amines) is 1. The molecule has 1 aromatic carbocycles. The molecular formula is C15H21NO3. The minimum Gasteiger partial charge on any atom is -0.490 e. The van der Waals surface area contributed by atoms with E-state index in [1.54, 1.807) is 0 Å². The maximum Gasteiger partial charge on any atom is 0.317 e. The van der Waals surface area contributed by atoms with Gasteiger partial charge in [-0.1, -0.05) is 6.07 Å². The van der Waals surface area contributed by atoms with Crippen molar-refractivity contribution in [2.45, 2.75) is 32.8 Å². The van der Waals surface area contributed by atoms with Crippen molar-refractivity contribution in [1.82, 2.24) is 4.90 Å². The van der Waals surface area contributed by atoms with E-state index in [0.29, 0.717) is 0 Å². The van der Waals surface area contributed by atoms with Crippen molar-refractivity contribution in [3.05, 3.63) is 29.3 Å². The maximum atomic E-state index is 10.6. The van der Waals surface area contributed by atoms with Crippen LogP contribution in [0.2, 0.25) is 0 Å². The van der Waals surface area contributed by atoms with Crippen molar-refractivity contribution in [2.24, 2.45) is 0 Å². The van der Waals surface area contributed by atoms with Crippen molar-refractivity contribution in [3.63, 3.8) is 0 Å². The van der Waals surface area contributed by atoms with Gasteiger partial charge in [0, 0.05) is 13.1 Å². The van der Waals surface area contributed by atoms with Crippen LogP contribution in [0.15, 0.2) is 18.2 Å². The first-order valence-electron chi connectivity index (χ1n) is 6.72. The van der Waals surface area contributed by atoms with Crippen molar-refractivity contribution in [2.75, 3.05) is 19.6 Å². The average molecular weight is 263 g/mol. The topological polar surface area (TPSA) is 49.8 Å². The van der Waals surface area contributed by atoms with Crippen LogP contribution in [0.25, 0.3) is 0 Å². The minimum absolute atomic E-state index is 0.135. The van der Waals surface area contributed by atoms with Crippen LogP contribution < -0.4 is 4.74 Å². The predicted octanol–water partition coefficient (Wildman–Crippen LogP) is 2.23. The fourth-order valence-electron chi connectivity index (χ4n) is 2.36. The summed E-state index contributed by atoms with van der Waals surface area (Å²) in [5.74, 6) is 0.160. The van der Waals surface area contributed by atoms with E-state index in [9.17, 15) is 4.79 Å². The molecule has 19 heavy (non-hydrogen) atoms. The zero-order chi connectivity index (χ0) is 13.8. The molecule has 0 radical (unpaired) electrons. The van der Waals surface area contributed by atoms with E-state index in [0.717, 1.165) is 31.7 Å². The van der Waals surface area contributed by atoms with E-state index < -0.39 is 5.97 Å². The second kappa shape index (κ2) is 6.06. The second-order valence-corrected chi connectivity index (χ2v) is 5.23. The maximum absolute atomic E-state index is 10.6. The van der Waals surface area contributed by atoms with Gasteiger partial charge in [0.2, 0.25) is 0 Å². The molecule has 1 fully saturated rings. The highest BCUT2D eigenvalue weighted by molar-refractivity contribution is 5.69. The van der Waals surface area contributed by atoms with Crippen LogP contribution in [0.5, 0.6) is 5.75 Å². The van der Waals surface area contributed by atoms with Crippen molar-refractivity contribution in [3.8, 4) is 5.75 Å². The summed E-state index contributed by atoms with van der Waals surface area (Å²) >= 11 is 0. The Bertz CT molecular complexity index is 451. The molecule has 1 aliphatic heterocycles. The Morgan fingerprint density at radius 2 is 2.00 bits per heavy atom. The van der Waals surface area contributed by atoms with Crippen LogP contribution in [-0.4, -0.2) is 41.7 Å². The first-order valence-corrected chi connectivity index (χ1v) is 6.72. The number of rotatable bonds is 4. The third-order valence-corrected chi connectivity index (χ3v) is 3.67. The van der Waals surface area contributed by atoms with Gasteiger partial charge in [-0.25, -0.2) is 0 Å². The number of carboxylic acid groups (broad SMARTS) is 1. The number of ether oxygens (including phenoxy) is 1. The molecule has 2 rings (SSSR count). The molecule has 0 amide bonds. The molecule has 0 atom stereocenters. The smallest absolute Gasteiger partial charge is 0.317 e. The number of carboxylic acids is 1. The zero-order valence-corrected chi connectivity index (χ0v) is 11.6. The Morgan fingerprint density at radius 3 is 2.58 bits per heavy atom. The normalized spacial score (nSPS) is 17.4. The molecule has 1 saturated heterocycles. The number of benzene rings is 1. The van der Waals surface area contributed by atoms with Crippen molar-refractivity contribution < 1.29 is 14.6 Å². The lowest BCUT2D eigenvalue weighted by Gasteiger charge is -2.31. The molecular weight excluding hydrogens is 242 g/mol. The summed E-state index contributed by atoms with van der Waals surface area (Å²) in [5.41, 5.74) is 2.50.